The number of nitrogens with one attached hydrogen (secondary N) is 1. The molecular weight excluding hydrogens is 243 g/mol. The van der Waals surface area contributed by atoms with Crippen LogP contribution in [0.4, 0.5) is 4.39 Å². The first kappa shape index (κ1) is 15.2. The molecule has 0 unspecified atom stereocenters. The Bertz CT molecular complexity index is 501. The predicted octanol–water partition coefficient (Wildman–Crippen LogP) is 1.91. The number of hydrogen-bond acceptors (Lipinski definition) is 2. The fourth-order valence-electron chi connectivity index (χ4n) is 1.48. The van der Waals surface area contributed by atoms with E-state index in [0.29, 0.717) is 18.0 Å². The molecule has 0 radical (unpaired) electrons. The van der Waals surface area contributed by atoms with E-state index in [2.05, 4.69) is 31.0 Å². The largest absolute Gasteiger partial charge is 0.352 e. The fraction of sp³-hybridized carbons (Fsp3) is 0.400. The van der Waals surface area contributed by atoms with Gasteiger partial charge in [-0.05, 0) is 30.5 Å². The molecule has 0 spiro atoms. The quantitative estimate of drug-likeness (QED) is 0.814. The van der Waals surface area contributed by atoms with Crippen molar-refractivity contribution in [3.8, 4) is 11.8 Å². The van der Waals surface area contributed by atoms with Crippen molar-refractivity contribution in [2.75, 3.05) is 13.1 Å². The fourth-order valence-corrected chi connectivity index (χ4v) is 1.48. The van der Waals surface area contributed by atoms with E-state index in [-0.39, 0.29) is 18.0 Å². The molecule has 1 aromatic carbocycles. The van der Waals surface area contributed by atoms with E-state index in [4.69, 9.17) is 5.73 Å². The Hall–Kier alpha value is -1.86. The lowest BCUT2D eigenvalue weighted by molar-refractivity contribution is 0.0951. The third-order valence-corrected chi connectivity index (χ3v) is 2.56. The van der Waals surface area contributed by atoms with Crippen molar-refractivity contribution < 1.29 is 9.18 Å². The van der Waals surface area contributed by atoms with Gasteiger partial charge < -0.3 is 11.1 Å². The molecule has 0 fully saturated rings. The molecule has 3 N–H and O–H groups in total. The van der Waals surface area contributed by atoms with Crippen molar-refractivity contribution >= 4 is 5.91 Å². The number of nitrogens with two attached hydrogens (primary N) is 1. The predicted molar refractivity (Wildman–Crippen MR) is 74.1 cm³/mol. The molecule has 0 aromatic heterocycles. The Morgan fingerprint density at radius 1 is 1.47 bits per heavy atom. The molecule has 4 heteroatoms. The molecule has 1 amide bonds. The first-order valence-electron chi connectivity index (χ1n) is 6.31. The number of amides is 1. The number of halogens is 1. The van der Waals surface area contributed by atoms with Crippen LogP contribution >= 0.6 is 0 Å². The molecule has 0 aliphatic heterocycles. The van der Waals surface area contributed by atoms with Crippen LogP contribution < -0.4 is 11.1 Å². The number of carbonyl (C=O) groups excluding carboxylic acids is 1. The minimum absolute atomic E-state index is 0.177. The van der Waals surface area contributed by atoms with Gasteiger partial charge >= 0.3 is 0 Å². The number of carbonyl (C=O) groups is 1. The summed E-state index contributed by atoms with van der Waals surface area (Å²) in [5.74, 6) is 4.94. The summed E-state index contributed by atoms with van der Waals surface area (Å²) in [6.07, 6.45) is 0.897. The highest BCUT2D eigenvalue weighted by atomic mass is 19.1. The van der Waals surface area contributed by atoms with Crippen molar-refractivity contribution in [3.05, 3.63) is 35.1 Å². The first-order valence-corrected chi connectivity index (χ1v) is 6.31. The Balaban J connectivity index is 2.69. The number of rotatable bonds is 4. The second kappa shape index (κ2) is 7.55. The lowest BCUT2D eigenvalue weighted by atomic mass is 10.1. The molecule has 102 valence electrons. The minimum Gasteiger partial charge on any atom is -0.352 e. The summed E-state index contributed by atoms with van der Waals surface area (Å²) in [6, 6.07) is 4.26. The maximum atomic E-state index is 13.7. The molecule has 1 aromatic rings. The summed E-state index contributed by atoms with van der Waals surface area (Å²) in [5.41, 5.74) is 5.78. The van der Waals surface area contributed by atoms with Crippen LogP contribution in [-0.2, 0) is 0 Å². The van der Waals surface area contributed by atoms with Gasteiger partial charge in [-0.15, -0.1) is 0 Å². The van der Waals surface area contributed by atoms with Gasteiger partial charge in [-0.3, -0.25) is 4.79 Å². The second-order valence-electron chi connectivity index (χ2n) is 4.64. The zero-order chi connectivity index (χ0) is 14.3. The summed E-state index contributed by atoms with van der Waals surface area (Å²) < 4.78 is 13.7. The van der Waals surface area contributed by atoms with Crippen LogP contribution in [0.1, 0.15) is 36.2 Å². The lowest BCUT2D eigenvalue weighted by Crippen LogP contribution is -2.25. The zero-order valence-corrected chi connectivity index (χ0v) is 11.3. The average molecular weight is 262 g/mol. The van der Waals surface area contributed by atoms with E-state index in [0.717, 1.165) is 6.42 Å². The van der Waals surface area contributed by atoms with Gasteiger partial charge in [0, 0.05) is 12.1 Å². The van der Waals surface area contributed by atoms with Crippen molar-refractivity contribution in [1.82, 2.24) is 5.32 Å². The molecular formula is C15H19FN2O. The van der Waals surface area contributed by atoms with Crippen LogP contribution in [0.5, 0.6) is 0 Å². The lowest BCUT2D eigenvalue weighted by Gasteiger charge is -2.07. The molecule has 0 bridgehead atoms. The molecule has 0 saturated heterocycles. The molecule has 0 saturated carbocycles. The van der Waals surface area contributed by atoms with Crippen LogP contribution in [0.2, 0.25) is 0 Å². The maximum Gasteiger partial charge on any atom is 0.251 e. The van der Waals surface area contributed by atoms with Crippen molar-refractivity contribution in [3.63, 3.8) is 0 Å². The third kappa shape index (κ3) is 5.11. The standard InChI is InChI=1S/C15H19FN2O/c1-11(2)7-9-18-15(19)13-6-5-12(4-3-8-17)14(16)10-13/h5-6,10-11H,7-9,17H2,1-2H3,(H,18,19). The van der Waals surface area contributed by atoms with Crippen molar-refractivity contribution in [2.45, 2.75) is 20.3 Å². The Kier molecular flexibility index (Phi) is 6.04. The first-order chi connectivity index (χ1) is 9.04. The maximum absolute atomic E-state index is 13.7. The Morgan fingerprint density at radius 3 is 2.79 bits per heavy atom. The molecule has 0 heterocycles. The van der Waals surface area contributed by atoms with E-state index >= 15 is 0 Å². The monoisotopic (exact) mass is 262 g/mol. The van der Waals surface area contributed by atoms with Gasteiger partial charge in [0.05, 0.1) is 12.1 Å². The molecule has 3 nitrogen and oxygen atoms in total. The van der Waals surface area contributed by atoms with E-state index in [9.17, 15) is 9.18 Å². The Labute approximate surface area is 113 Å². The van der Waals surface area contributed by atoms with E-state index in [1.54, 1.807) is 6.07 Å². The third-order valence-electron chi connectivity index (χ3n) is 2.56. The summed E-state index contributed by atoms with van der Waals surface area (Å²) in [6.45, 7) is 4.93. The number of hydrogen-bond donors (Lipinski definition) is 2. The van der Waals surface area contributed by atoms with E-state index in [1.807, 2.05) is 0 Å². The van der Waals surface area contributed by atoms with Crippen molar-refractivity contribution in [1.29, 1.82) is 0 Å². The van der Waals surface area contributed by atoms with E-state index in [1.165, 1.54) is 12.1 Å². The normalized spacial score (nSPS) is 9.95. The van der Waals surface area contributed by atoms with E-state index < -0.39 is 5.82 Å². The van der Waals surface area contributed by atoms with Crippen molar-refractivity contribution in [2.24, 2.45) is 11.7 Å². The van der Waals surface area contributed by atoms with Gasteiger partial charge in [0.25, 0.3) is 5.91 Å². The summed E-state index contributed by atoms with van der Waals surface area (Å²) in [7, 11) is 0. The average Bonchev–Trinajstić information content (AvgIpc) is 2.36. The van der Waals surface area contributed by atoms with Gasteiger partial charge in [0.2, 0.25) is 0 Å². The van der Waals surface area contributed by atoms with Gasteiger partial charge in [-0.25, -0.2) is 4.39 Å². The smallest absolute Gasteiger partial charge is 0.251 e. The molecule has 0 aliphatic rings. The zero-order valence-electron chi connectivity index (χ0n) is 11.3. The van der Waals surface area contributed by atoms with Crippen LogP contribution in [0.15, 0.2) is 18.2 Å². The van der Waals surface area contributed by atoms with Gasteiger partial charge in [-0.2, -0.15) is 0 Å². The van der Waals surface area contributed by atoms with Crippen LogP contribution in [0.3, 0.4) is 0 Å². The molecule has 0 atom stereocenters. The summed E-state index contributed by atoms with van der Waals surface area (Å²) >= 11 is 0. The van der Waals surface area contributed by atoms with Gasteiger partial charge in [0.15, 0.2) is 0 Å². The highest BCUT2D eigenvalue weighted by Crippen LogP contribution is 2.09. The molecule has 19 heavy (non-hydrogen) atoms. The molecule has 0 aliphatic carbocycles. The Morgan fingerprint density at radius 2 is 2.21 bits per heavy atom. The number of benzene rings is 1. The van der Waals surface area contributed by atoms with Crippen LogP contribution in [0, 0.1) is 23.6 Å². The van der Waals surface area contributed by atoms with Gasteiger partial charge in [-0.1, -0.05) is 25.7 Å². The van der Waals surface area contributed by atoms with Gasteiger partial charge in [0.1, 0.15) is 5.82 Å². The van der Waals surface area contributed by atoms with Crippen LogP contribution in [-0.4, -0.2) is 19.0 Å². The SMILES string of the molecule is CC(C)CCNC(=O)c1ccc(C#CCN)c(F)c1. The summed E-state index contributed by atoms with van der Waals surface area (Å²) in [4.78, 5) is 11.8. The minimum atomic E-state index is -0.502. The van der Waals surface area contributed by atoms with Crippen LogP contribution in [0.25, 0.3) is 0 Å². The highest BCUT2D eigenvalue weighted by Gasteiger charge is 2.08. The second-order valence-corrected chi connectivity index (χ2v) is 4.64. The molecule has 1 rings (SSSR count). The highest BCUT2D eigenvalue weighted by molar-refractivity contribution is 5.94. The summed E-state index contributed by atoms with van der Waals surface area (Å²) in [5, 5.41) is 2.76. The topological polar surface area (TPSA) is 55.1 Å².